The highest BCUT2D eigenvalue weighted by Gasteiger charge is 2.20. The van der Waals surface area contributed by atoms with Crippen molar-refractivity contribution in [1.29, 1.82) is 0 Å². The van der Waals surface area contributed by atoms with Crippen molar-refractivity contribution in [2.45, 2.75) is 30.6 Å². The number of amides is 1. The molecule has 3 aromatic carbocycles. The summed E-state index contributed by atoms with van der Waals surface area (Å²) < 4.78 is 28.7. The van der Waals surface area contributed by atoms with E-state index in [1.807, 2.05) is 50.2 Å². The Morgan fingerprint density at radius 3 is 2.34 bits per heavy atom. The molecule has 0 saturated carbocycles. The van der Waals surface area contributed by atoms with Crippen LogP contribution in [0.5, 0.6) is 0 Å². The molecule has 5 nitrogen and oxygen atoms in total. The monoisotopic (exact) mass is 488 g/mol. The van der Waals surface area contributed by atoms with Gasteiger partial charge in [-0.3, -0.25) is 9.52 Å². The molecule has 0 atom stereocenters. The third-order valence-corrected chi connectivity index (χ3v) is 7.62. The maximum Gasteiger partial charge on any atom is 0.262 e. The lowest BCUT2D eigenvalue weighted by molar-refractivity contribution is 0.0956. The van der Waals surface area contributed by atoms with Gasteiger partial charge in [-0.15, -0.1) is 11.8 Å². The number of carbonyl (C=O) groups is 1. The van der Waals surface area contributed by atoms with Gasteiger partial charge in [0, 0.05) is 27.8 Å². The molecule has 1 amide bonds. The SMILES string of the molecule is Cc1ccc(C)c(NS(=O)(=O)c2cc(C(=O)NCCSc3ccc(Cl)cc3)ccc2C)c1. The second-order valence-electron chi connectivity index (χ2n) is 7.46. The van der Waals surface area contributed by atoms with Crippen LogP contribution in [0.15, 0.2) is 70.5 Å². The van der Waals surface area contributed by atoms with E-state index in [9.17, 15) is 13.2 Å². The topological polar surface area (TPSA) is 75.3 Å². The number of hydrogen-bond donors (Lipinski definition) is 2. The Balaban J connectivity index is 1.68. The van der Waals surface area contributed by atoms with Crippen LogP contribution in [0.1, 0.15) is 27.0 Å². The lowest BCUT2D eigenvalue weighted by atomic mass is 10.1. The van der Waals surface area contributed by atoms with Crippen LogP contribution >= 0.6 is 23.4 Å². The van der Waals surface area contributed by atoms with E-state index in [-0.39, 0.29) is 10.8 Å². The smallest absolute Gasteiger partial charge is 0.262 e. The van der Waals surface area contributed by atoms with Gasteiger partial charge in [-0.2, -0.15) is 0 Å². The summed E-state index contributed by atoms with van der Waals surface area (Å²) in [6, 6.07) is 17.8. The fraction of sp³-hybridized carbons (Fsp3) is 0.208. The van der Waals surface area contributed by atoms with Crippen LogP contribution in [0.3, 0.4) is 0 Å². The molecule has 0 radical (unpaired) electrons. The first-order chi connectivity index (χ1) is 15.2. The maximum absolute atomic E-state index is 13.0. The molecule has 0 unspecified atom stereocenters. The van der Waals surface area contributed by atoms with Crippen molar-refractivity contribution in [2.75, 3.05) is 17.0 Å². The molecule has 0 aliphatic heterocycles. The predicted molar refractivity (Wildman–Crippen MR) is 132 cm³/mol. The van der Waals surface area contributed by atoms with Crippen LogP contribution in [0.4, 0.5) is 5.69 Å². The molecule has 0 saturated heterocycles. The van der Waals surface area contributed by atoms with Crippen molar-refractivity contribution in [3.8, 4) is 0 Å². The van der Waals surface area contributed by atoms with Gasteiger partial charge in [0.25, 0.3) is 15.9 Å². The molecule has 0 aromatic heterocycles. The number of aryl methyl sites for hydroxylation is 3. The Kier molecular flexibility index (Phi) is 7.87. The number of halogens is 1. The standard InChI is InChI=1S/C24H25ClN2O3S2/c1-16-4-5-17(2)22(14-16)27-32(29,30)23-15-19(7-6-18(23)3)24(28)26-12-13-31-21-10-8-20(25)9-11-21/h4-11,14-15,27H,12-13H2,1-3H3,(H,26,28). The van der Waals surface area contributed by atoms with Gasteiger partial charge in [-0.1, -0.05) is 29.8 Å². The van der Waals surface area contributed by atoms with Gasteiger partial charge >= 0.3 is 0 Å². The van der Waals surface area contributed by atoms with E-state index in [1.165, 1.54) is 6.07 Å². The van der Waals surface area contributed by atoms with Gasteiger partial charge in [0.05, 0.1) is 10.6 Å². The van der Waals surface area contributed by atoms with Gasteiger partial charge in [-0.25, -0.2) is 8.42 Å². The molecule has 0 aliphatic carbocycles. The van der Waals surface area contributed by atoms with Crippen LogP contribution in [-0.4, -0.2) is 26.6 Å². The third-order valence-electron chi connectivity index (χ3n) is 4.85. The van der Waals surface area contributed by atoms with Crippen molar-refractivity contribution >= 4 is 45.0 Å². The fourth-order valence-electron chi connectivity index (χ4n) is 3.04. The predicted octanol–water partition coefficient (Wildman–Crippen LogP) is 5.59. The Labute approximate surface area is 198 Å². The summed E-state index contributed by atoms with van der Waals surface area (Å²) in [5.41, 5.74) is 3.17. The number of carbonyl (C=O) groups excluding carboxylic acids is 1. The lowest BCUT2D eigenvalue weighted by Gasteiger charge is -2.14. The second kappa shape index (κ2) is 10.4. The summed E-state index contributed by atoms with van der Waals surface area (Å²) >= 11 is 7.49. The minimum Gasteiger partial charge on any atom is -0.351 e. The zero-order chi connectivity index (χ0) is 23.3. The lowest BCUT2D eigenvalue weighted by Crippen LogP contribution is -2.26. The zero-order valence-corrected chi connectivity index (χ0v) is 20.5. The summed E-state index contributed by atoms with van der Waals surface area (Å²) in [5, 5.41) is 3.52. The molecule has 0 bridgehead atoms. The van der Waals surface area contributed by atoms with Crippen molar-refractivity contribution in [3.05, 3.63) is 87.9 Å². The van der Waals surface area contributed by atoms with Crippen LogP contribution in [0.2, 0.25) is 5.02 Å². The zero-order valence-electron chi connectivity index (χ0n) is 18.1. The average molecular weight is 489 g/mol. The first kappa shape index (κ1) is 24.2. The Morgan fingerprint density at radius 2 is 1.62 bits per heavy atom. The number of thioether (sulfide) groups is 1. The van der Waals surface area contributed by atoms with Crippen LogP contribution < -0.4 is 10.0 Å². The van der Waals surface area contributed by atoms with Crippen molar-refractivity contribution in [3.63, 3.8) is 0 Å². The van der Waals surface area contributed by atoms with Crippen molar-refractivity contribution in [1.82, 2.24) is 5.32 Å². The van der Waals surface area contributed by atoms with Gasteiger partial charge in [0.1, 0.15) is 0 Å². The van der Waals surface area contributed by atoms with Gasteiger partial charge in [0.2, 0.25) is 0 Å². The number of rotatable bonds is 8. The molecule has 32 heavy (non-hydrogen) atoms. The van der Waals surface area contributed by atoms with E-state index < -0.39 is 10.0 Å². The Morgan fingerprint density at radius 1 is 0.938 bits per heavy atom. The second-order valence-corrected chi connectivity index (χ2v) is 10.7. The molecule has 2 N–H and O–H groups in total. The maximum atomic E-state index is 13.0. The molecule has 8 heteroatoms. The third kappa shape index (κ3) is 6.28. The van der Waals surface area contributed by atoms with Crippen LogP contribution in [-0.2, 0) is 10.0 Å². The largest absolute Gasteiger partial charge is 0.351 e. The Bertz CT molecular complexity index is 1230. The summed E-state index contributed by atoms with van der Waals surface area (Å²) in [5.74, 6) is 0.364. The molecular formula is C24H25ClN2O3S2. The number of anilines is 1. The molecule has 0 heterocycles. The first-order valence-electron chi connectivity index (χ1n) is 10.0. The van der Waals surface area contributed by atoms with Gasteiger partial charge < -0.3 is 5.32 Å². The first-order valence-corrected chi connectivity index (χ1v) is 12.9. The van der Waals surface area contributed by atoms with E-state index in [2.05, 4.69) is 10.0 Å². The van der Waals surface area contributed by atoms with Gasteiger partial charge in [0.15, 0.2) is 0 Å². The fourth-order valence-corrected chi connectivity index (χ4v) is 5.33. The summed E-state index contributed by atoms with van der Waals surface area (Å²) in [7, 11) is -3.85. The van der Waals surface area contributed by atoms with Crippen molar-refractivity contribution in [2.24, 2.45) is 0 Å². The summed E-state index contributed by atoms with van der Waals surface area (Å²) in [4.78, 5) is 13.7. The normalized spacial score (nSPS) is 11.2. The van der Waals surface area contributed by atoms with Crippen LogP contribution in [0, 0.1) is 20.8 Å². The highest BCUT2D eigenvalue weighted by Crippen LogP contribution is 2.24. The number of sulfonamides is 1. The van der Waals surface area contributed by atoms with E-state index in [1.54, 1.807) is 36.9 Å². The molecular weight excluding hydrogens is 464 g/mol. The molecule has 3 rings (SSSR count). The van der Waals surface area contributed by atoms with E-state index >= 15 is 0 Å². The Hall–Kier alpha value is -2.48. The van der Waals surface area contributed by atoms with E-state index in [0.29, 0.717) is 34.1 Å². The summed E-state index contributed by atoms with van der Waals surface area (Å²) in [6.45, 7) is 5.90. The van der Waals surface area contributed by atoms with E-state index in [4.69, 9.17) is 11.6 Å². The number of hydrogen-bond acceptors (Lipinski definition) is 4. The highest BCUT2D eigenvalue weighted by molar-refractivity contribution is 7.99. The van der Waals surface area contributed by atoms with Crippen LogP contribution in [0.25, 0.3) is 0 Å². The summed E-state index contributed by atoms with van der Waals surface area (Å²) in [6.07, 6.45) is 0. The molecule has 0 fully saturated rings. The van der Waals surface area contributed by atoms with Gasteiger partial charge in [-0.05, 0) is 79.9 Å². The number of nitrogens with one attached hydrogen (secondary N) is 2. The molecule has 0 spiro atoms. The molecule has 0 aliphatic rings. The van der Waals surface area contributed by atoms with E-state index in [0.717, 1.165) is 16.0 Å². The molecule has 168 valence electrons. The highest BCUT2D eigenvalue weighted by atomic mass is 35.5. The molecule has 3 aromatic rings. The van der Waals surface area contributed by atoms with Crippen molar-refractivity contribution < 1.29 is 13.2 Å². The quantitative estimate of drug-likeness (QED) is 0.320. The minimum atomic E-state index is -3.85. The number of benzene rings is 3. The average Bonchev–Trinajstić information content (AvgIpc) is 2.75. The minimum absolute atomic E-state index is 0.0848.